The van der Waals surface area contributed by atoms with Crippen molar-refractivity contribution < 1.29 is 23.3 Å². The number of anilines is 1. The zero-order valence-corrected chi connectivity index (χ0v) is 26.6. The van der Waals surface area contributed by atoms with Gasteiger partial charge in [0.05, 0.1) is 33.9 Å². The number of allylic oxidation sites excluding steroid dienone is 1. The lowest BCUT2D eigenvalue weighted by molar-refractivity contribution is -0.114. The second-order valence-corrected chi connectivity index (χ2v) is 15.6. The SMILES string of the molecule is CO[C@H]1/C=C/CCC[S@@](=O)(CC(C)=O)=NC(=O)c2ccc3c(c2)N(C[C@@H]2CC[C@H]21)C[C@@]1(CCCc2cc(Cl)ccc21)CO3. The molecule has 43 heavy (non-hydrogen) atoms. The third-order valence-corrected chi connectivity index (χ3v) is 12.3. The number of hydrogen-bond acceptors (Lipinski definition) is 6. The van der Waals surface area contributed by atoms with E-state index >= 15 is 0 Å². The van der Waals surface area contributed by atoms with Crippen LogP contribution < -0.4 is 9.64 Å². The van der Waals surface area contributed by atoms with Crippen LogP contribution in [0.5, 0.6) is 5.75 Å². The quantitative estimate of drug-likeness (QED) is 0.367. The number of halogens is 1. The van der Waals surface area contributed by atoms with Crippen LogP contribution in [0.3, 0.4) is 0 Å². The molecule has 1 spiro atoms. The van der Waals surface area contributed by atoms with E-state index in [0.717, 1.165) is 61.7 Å². The van der Waals surface area contributed by atoms with Gasteiger partial charge in [0.15, 0.2) is 0 Å². The minimum Gasteiger partial charge on any atom is -0.490 e. The molecule has 9 heteroatoms. The highest BCUT2D eigenvalue weighted by Crippen LogP contribution is 2.47. The molecule has 2 aromatic carbocycles. The van der Waals surface area contributed by atoms with E-state index < -0.39 is 15.6 Å². The Morgan fingerprint density at radius 1 is 1.21 bits per heavy atom. The van der Waals surface area contributed by atoms with Gasteiger partial charge in [0.2, 0.25) is 0 Å². The molecule has 0 aromatic heterocycles. The summed E-state index contributed by atoms with van der Waals surface area (Å²) in [6.45, 7) is 3.50. The van der Waals surface area contributed by atoms with Gasteiger partial charge in [0.1, 0.15) is 11.5 Å². The van der Waals surface area contributed by atoms with Crippen LogP contribution in [0, 0.1) is 11.8 Å². The van der Waals surface area contributed by atoms with Crippen molar-refractivity contribution in [3.05, 3.63) is 70.3 Å². The Labute approximate surface area is 260 Å². The van der Waals surface area contributed by atoms with E-state index in [-0.39, 0.29) is 28.8 Å². The Bertz CT molecular complexity index is 1560. The number of methoxy groups -OCH3 is 1. The summed E-state index contributed by atoms with van der Waals surface area (Å²) in [5.41, 5.74) is 3.58. The number of rotatable bonds is 3. The number of ether oxygens (including phenoxy) is 2. The number of amides is 1. The van der Waals surface area contributed by atoms with Crippen molar-refractivity contribution in [2.24, 2.45) is 16.2 Å². The van der Waals surface area contributed by atoms with E-state index in [1.165, 1.54) is 18.1 Å². The Kier molecular flexibility index (Phi) is 8.73. The number of nitrogens with zero attached hydrogens (tertiary/aromatic N) is 2. The van der Waals surface area contributed by atoms with E-state index in [0.29, 0.717) is 36.8 Å². The zero-order chi connectivity index (χ0) is 30.2. The van der Waals surface area contributed by atoms with Gasteiger partial charge in [0.25, 0.3) is 5.91 Å². The third kappa shape index (κ3) is 6.29. The fourth-order valence-electron chi connectivity index (χ4n) is 7.51. The largest absolute Gasteiger partial charge is 0.490 e. The maximum absolute atomic E-state index is 13.8. The number of carbonyl (C=O) groups excluding carboxylic acids is 2. The van der Waals surface area contributed by atoms with E-state index in [9.17, 15) is 13.8 Å². The first-order valence-corrected chi connectivity index (χ1v) is 17.7. The van der Waals surface area contributed by atoms with Crippen LogP contribution in [-0.4, -0.2) is 60.3 Å². The van der Waals surface area contributed by atoms with E-state index in [4.69, 9.17) is 21.1 Å². The predicted octanol–water partition coefficient (Wildman–Crippen LogP) is 6.40. The molecule has 230 valence electrons. The molecule has 2 aliphatic heterocycles. The van der Waals surface area contributed by atoms with Crippen molar-refractivity contribution in [3.8, 4) is 5.75 Å². The summed E-state index contributed by atoms with van der Waals surface area (Å²) >= 11 is 6.41. The number of ketones is 1. The monoisotopic (exact) mass is 624 g/mol. The molecule has 6 rings (SSSR count). The van der Waals surface area contributed by atoms with Crippen LogP contribution in [0.2, 0.25) is 5.02 Å². The van der Waals surface area contributed by atoms with Gasteiger partial charge < -0.3 is 14.4 Å². The first-order valence-electron chi connectivity index (χ1n) is 15.5. The van der Waals surface area contributed by atoms with Gasteiger partial charge in [-0.3, -0.25) is 9.59 Å². The number of fused-ring (bicyclic) bond motifs is 4. The van der Waals surface area contributed by atoms with E-state index in [1.807, 2.05) is 18.2 Å². The van der Waals surface area contributed by atoms with Crippen molar-refractivity contribution >= 4 is 38.7 Å². The van der Waals surface area contributed by atoms with Crippen LogP contribution in [0.25, 0.3) is 0 Å². The Hall–Kier alpha value is -2.68. The van der Waals surface area contributed by atoms with Crippen molar-refractivity contribution in [1.82, 2.24) is 0 Å². The topological polar surface area (TPSA) is 85.3 Å². The number of Topliss-reactive ketones (excluding diaryl/α,β-unsaturated/α-hetero) is 1. The first-order chi connectivity index (χ1) is 20.7. The third-order valence-electron chi connectivity index (χ3n) is 9.75. The normalized spacial score (nSPS) is 31.5. The summed E-state index contributed by atoms with van der Waals surface area (Å²) in [6.07, 6.45) is 10.7. The van der Waals surface area contributed by atoms with Crippen molar-refractivity contribution in [3.63, 3.8) is 0 Å². The van der Waals surface area contributed by atoms with Crippen LogP contribution in [0.15, 0.2) is 52.9 Å². The van der Waals surface area contributed by atoms with Gasteiger partial charge in [-0.05, 0) is 105 Å². The average Bonchev–Trinajstić information content (AvgIpc) is 3.10. The standard InChI is InChI=1S/C34H41ClN2O5S/c1-23(38)20-43(40)16-5-3-4-8-31(41-2)28-12-9-26(28)19-37-21-34(15-6-7-24-17-27(35)11-13-29(24)34)22-42-32-14-10-25(18-30(32)37)33(39)36-43/h4,8,10-11,13-14,17-18,26,28,31H,3,5-7,9,12,15-16,19-22H2,1-2H3/b8-4+/t26-,28+,31-,34-,43+/m0/s1. The molecule has 5 atom stereocenters. The Balaban J connectivity index is 1.45. The highest BCUT2D eigenvalue weighted by atomic mass is 35.5. The highest BCUT2D eigenvalue weighted by Gasteiger charge is 2.44. The lowest BCUT2D eigenvalue weighted by Crippen LogP contribution is -2.49. The maximum atomic E-state index is 13.8. The molecule has 0 saturated heterocycles. The van der Waals surface area contributed by atoms with Crippen LogP contribution in [0.4, 0.5) is 5.69 Å². The molecule has 1 amide bonds. The smallest absolute Gasteiger partial charge is 0.285 e. The predicted molar refractivity (Wildman–Crippen MR) is 171 cm³/mol. The average molecular weight is 625 g/mol. The maximum Gasteiger partial charge on any atom is 0.285 e. The number of benzene rings is 2. The molecular formula is C34H41ClN2O5S. The summed E-state index contributed by atoms with van der Waals surface area (Å²) in [6, 6.07) is 11.7. The summed E-state index contributed by atoms with van der Waals surface area (Å²) in [7, 11) is -1.27. The van der Waals surface area contributed by atoms with Crippen LogP contribution in [0.1, 0.15) is 66.9 Å². The lowest BCUT2D eigenvalue weighted by atomic mass is 9.68. The summed E-state index contributed by atoms with van der Waals surface area (Å²) in [4.78, 5) is 28.0. The van der Waals surface area contributed by atoms with Crippen molar-refractivity contribution in [1.29, 1.82) is 0 Å². The van der Waals surface area contributed by atoms with Gasteiger partial charge in [-0.2, -0.15) is 4.36 Å². The lowest BCUT2D eigenvalue weighted by Gasteiger charge is -2.46. The molecule has 2 bridgehead atoms. The van der Waals surface area contributed by atoms with Crippen molar-refractivity contribution in [2.45, 2.75) is 63.4 Å². The van der Waals surface area contributed by atoms with Gasteiger partial charge >= 0.3 is 0 Å². The Morgan fingerprint density at radius 2 is 2.07 bits per heavy atom. The molecule has 0 radical (unpaired) electrons. The van der Waals surface area contributed by atoms with E-state index in [2.05, 4.69) is 33.5 Å². The van der Waals surface area contributed by atoms with Gasteiger partial charge in [-0.25, -0.2) is 4.21 Å². The zero-order valence-electron chi connectivity index (χ0n) is 25.1. The molecule has 7 nitrogen and oxygen atoms in total. The minimum absolute atomic E-state index is 0.0000349. The Morgan fingerprint density at radius 3 is 2.84 bits per heavy atom. The second-order valence-electron chi connectivity index (χ2n) is 12.8. The molecule has 4 aliphatic rings. The molecule has 1 saturated carbocycles. The molecule has 0 N–H and O–H groups in total. The van der Waals surface area contributed by atoms with Crippen LogP contribution >= 0.6 is 11.6 Å². The minimum atomic E-state index is -3.04. The molecular weight excluding hydrogens is 584 g/mol. The van der Waals surface area contributed by atoms with Gasteiger partial charge in [0, 0.05) is 42.0 Å². The number of aryl methyl sites for hydroxylation is 1. The number of hydrogen-bond donors (Lipinski definition) is 0. The molecule has 0 unspecified atom stereocenters. The van der Waals surface area contributed by atoms with Gasteiger partial charge in [-0.1, -0.05) is 29.8 Å². The second kappa shape index (κ2) is 12.4. The molecule has 2 aliphatic carbocycles. The fourth-order valence-corrected chi connectivity index (χ4v) is 9.66. The first kappa shape index (κ1) is 30.4. The number of carbonyl (C=O) groups is 2. The van der Waals surface area contributed by atoms with E-state index in [1.54, 1.807) is 13.2 Å². The highest BCUT2D eigenvalue weighted by molar-refractivity contribution is 7.94. The fraction of sp³-hybridized carbons (Fsp3) is 0.529. The molecule has 2 heterocycles. The summed E-state index contributed by atoms with van der Waals surface area (Å²) in [5, 5.41) is 0.753. The van der Waals surface area contributed by atoms with Crippen LogP contribution in [-0.2, 0) is 31.1 Å². The summed E-state index contributed by atoms with van der Waals surface area (Å²) in [5.74, 6) is 0.739. The molecule has 2 aromatic rings. The summed E-state index contributed by atoms with van der Waals surface area (Å²) < 4.78 is 30.5. The van der Waals surface area contributed by atoms with Crippen molar-refractivity contribution in [2.75, 3.05) is 43.2 Å². The van der Waals surface area contributed by atoms with Gasteiger partial charge in [-0.15, -0.1) is 0 Å². The molecule has 1 fully saturated rings.